The van der Waals surface area contributed by atoms with E-state index >= 15 is 0 Å². The number of benzene rings is 1. The standard InChI is InChI=1S/C19H22N6O3/c1-12(26)13-6-4-5-7-14(13)25-15-16(22(2)19(28)23(3)17(15)27)21-18(25)24-10-8-20-9-11-24/h4-7,20H,8-11H2,1-3H3. The van der Waals surface area contributed by atoms with Crippen molar-refractivity contribution in [1.82, 2.24) is 24.0 Å². The number of carbonyl (C=O) groups excluding carboxylic acids is 1. The summed E-state index contributed by atoms with van der Waals surface area (Å²) in [6, 6.07) is 7.14. The molecule has 4 rings (SSSR count). The van der Waals surface area contributed by atoms with Crippen LogP contribution in [0.2, 0.25) is 0 Å². The van der Waals surface area contributed by atoms with Crippen molar-refractivity contribution in [2.75, 3.05) is 31.1 Å². The summed E-state index contributed by atoms with van der Waals surface area (Å²) in [5.41, 5.74) is 0.793. The Kier molecular flexibility index (Phi) is 4.38. The van der Waals surface area contributed by atoms with Gasteiger partial charge in [0.15, 0.2) is 16.9 Å². The molecule has 1 aromatic carbocycles. The van der Waals surface area contributed by atoms with Crippen LogP contribution in [-0.2, 0) is 14.1 Å². The first kappa shape index (κ1) is 18.2. The normalized spacial score (nSPS) is 14.6. The number of nitrogens with one attached hydrogen (secondary N) is 1. The number of anilines is 1. The summed E-state index contributed by atoms with van der Waals surface area (Å²) < 4.78 is 4.16. The van der Waals surface area contributed by atoms with Crippen LogP contribution in [0.15, 0.2) is 33.9 Å². The van der Waals surface area contributed by atoms with E-state index in [4.69, 9.17) is 0 Å². The third-order valence-corrected chi connectivity index (χ3v) is 5.16. The summed E-state index contributed by atoms with van der Waals surface area (Å²) in [6.45, 7) is 4.49. The molecule has 146 valence electrons. The number of aryl methyl sites for hydroxylation is 1. The minimum atomic E-state index is -0.440. The highest BCUT2D eigenvalue weighted by Gasteiger charge is 2.26. The Bertz CT molecular complexity index is 1200. The van der Waals surface area contributed by atoms with Gasteiger partial charge in [0.25, 0.3) is 5.56 Å². The van der Waals surface area contributed by atoms with Gasteiger partial charge in [0.2, 0.25) is 5.95 Å². The molecule has 2 aromatic heterocycles. The molecule has 1 saturated heterocycles. The molecule has 1 aliphatic heterocycles. The van der Waals surface area contributed by atoms with Crippen molar-refractivity contribution in [2.45, 2.75) is 6.92 Å². The van der Waals surface area contributed by atoms with E-state index in [1.54, 1.807) is 29.8 Å². The summed E-state index contributed by atoms with van der Waals surface area (Å²) in [5.74, 6) is 0.453. The van der Waals surface area contributed by atoms with Crippen LogP contribution in [0.1, 0.15) is 17.3 Å². The fourth-order valence-corrected chi connectivity index (χ4v) is 3.66. The van der Waals surface area contributed by atoms with Crippen LogP contribution in [-0.4, -0.2) is 50.6 Å². The first-order valence-electron chi connectivity index (χ1n) is 9.16. The van der Waals surface area contributed by atoms with Crippen molar-refractivity contribution in [3.8, 4) is 5.69 Å². The highest BCUT2D eigenvalue weighted by Crippen LogP contribution is 2.27. The smallest absolute Gasteiger partial charge is 0.332 e. The minimum Gasteiger partial charge on any atom is -0.339 e. The number of hydrogen-bond acceptors (Lipinski definition) is 6. The van der Waals surface area contributed by atoms with E-state index in [-0.39, 0.29) is 11.3 Å². The van der Waals surface area contributed by atoms with Gasteiger partial charge < -0.3 is 10.2 Å². The van der Waals surface area contributed by atoms with Gasteiger partial charge in [-0.25, -0.2) is 4.79 Å². The van der Waals surface area contributed by atoms with E-state index in [1.165, 1.54) is 18.5 Å². The molecule has 0 aliphatic carbocycles. The van der Waals surface area contributed by atoms with E-state index in [0.29, 0.717) is 35.9 Å². The van der Waals surface area contributed by atoms with Crippen LogP contribution in [0.4, 0.5) is 5.95 Å². The SMILES string of the molecule is CC(=O)c1ccccc1-n1c(N2CCNCC2)nc2c1c(=O)n(C)c(=O)n2C. The number of rotatable bonds is 3. The van der Waals surface area contributed by atoms with Crippen molar-refractivity contribution in [3.05, 3.63) is 50.7 Å². The average molecular weight is 382 g/mol. The van der Waals surface area contributed by atoms with Gasteiger partial charge in [-0.15, -0.1) is 0 Å². The molecule has 3 aromatic rings. The highest BCUT2D eigenvalue weighted by atomic mass is 16.2. The molecule has 0 bridgehead atoms. The number of imidazole rings is 1. The topological polar surface area (TPSA) is 94.2 Å². The van der Waals surface area contributed by atoms with Crippen LogP contribution in [0.3, 0.4) is 0 Å². The second kappa shape index (κ2) is 6.75. The van der Waals surface area contributed by atoms with E-state index in [1.807, 2.05) is 6.07 Å². The molecule has 0 radical (unpaired) electrons. The molecule has 0 atom stereocenters. The second-order valence-corrected chi connectivity index (χ2v) is 6.94. The van der Waals surface area contributed by atoms with Crippen LogP contribution >= 0.6 is 0 Å². The van der Waals surface area contributed by atoms with Crippen LogP contribution in [0, 0.1) is 0 Å². The number of carbonyl (C=O) groups is 1. The zero-order valence-corrected chi connectivity index (χ0v) is 16.1. The maximum atomic E-state index is 13.0. The summed E-state index contributed by atoms with van der Waals surface area (Å²) in [5, 5.41) is 3.29. The quantitative estimate of drug-likeness (QED) is 0.643. The van der Waals surface area contributed by atoms with Crippen LogP contribution in [0.5, 0.6) is 0 Å². The lowest BCUT2D eigenvalue weighted by atomic mass is 10.1. The van der Waals surface area contributed by atoms with Gasteiger partial charge in [-0.2, -0.15) is 4.98 Å². The fourth-order valence-electron chi connectivity index (χ4n) is 3.66. The lowest BCUT2D eigenvalue weighted by molar-refractivity contribution is 0.101. The molecular formula is C19H22N6O3. The van der Waals surface area contributed by atoms with Gasteiger partial charge in [-0.05, 0) is 19.1 Å². The van der Waals surface area contributed by atoms with E-state index < -0.39 is 11.2 Å². The zero-order valence-electron chi connectivity index (χ0n) is 16.1. The number of hydrogen-bond donors (Lipinski definition) is 1. The third-order valence-electron chi connectivity index (χ3n) is 5.16. The highest BCUT2D eigenvalue weighted by molar-refractivity contribution is 5.98. The summed E-state index contributed by atoms with van der Waals surface area (Å²) in [6.07, 6.45) is 0. The van der Waals surface area contributed by atoms with Gasteiger partial charge >= 0.3 is 5.69 Å². The largest absolute Gasteiger partial charge is 0.339 e. The number of nitrogens with zero attached hydrogens (tertiary/aromatic N) is 5. The summed E-state index contributed by atoms with van der Waals surface area (Å²) >= 11 is 0. The Labute approximate surface area is 160 Å². The molecule has 1 aliphatic rings. The van der Waals surface area contributed by atoms with Crippen molar-refractivity contribution < 1.29 is 4.79 Å². The number of ketones is 1. The van der Waals surface area contributed by atoms with Crippen LogP contribution < -0.4 is 21.5 Å². The predicted octanol–water partition coefficient (Wildman–Crippen LogP) is 0.0351. The number of para-hydroxylation sites is 1. The van der Waals surface area contributed by atoms with Gasteiger partial charge in [0.05, 0.1) is 5.69 Å². The Morgan fingerprint density at radius 2 is 1.75 bits per heavy atom. The average Bonchev–Trinajstić information content (AvgIpc) is 3.12. The number of fused-ring (bicyclic) bond motifs is 1. The first-order valence-corrected chi connectivity index (χ1v) is 9.16. The molecule has 3 heterocycles. The monoisotopic (exact) mass is 382 g/mol. The second-order valence-electron chi connectivity index (χ2n) is 6.94. The molecule has 0 unspecified atom stereocenters. The molecule has 9 nitrogen and oxygen atoms in total. The van der Waals surface area contributed by atoms with Crippen molar-refractivity contribution in [3.63, 3.8) is 0 Å². The fraction of sp³-hybridized carbons (Fsp3) is 0.368. The molecule has 1 N–H and O–H groups in total. The van der Waals surface area contributed by atoms with E-state index in [2.05, 4.69) is 15.2 Å². The van der Waals surface area contributed by atoms with E-state index in [0.717, 1.165) is 17.7 Å². The lowest BCUT2D eigenvalue weighted by Gasteiger charge is -2.29. The van der Waals surface area contributed by atoms with Crippen LogP contribution in [0.25, 0.3) is 16.9 Å². The molecule has 0 amide bonds. The van der Waals surface area contributed by atoms with Gasteiger partial charge in [0.1, 0.15) is 0 Å². The van der Waals surface area contributed by atoms with Crippen molar-refractivity contribution in [1.29, 1.82) is 0 Å². The van der Waals surface area contributed by atoms with Crippen molar-refractivity contribution >= 4 is 22.9 Å². The predicted molar refractivity (Wildman–Crippen MR) is 107 cm³/mol. The maximum Gasteiger partial charge on any atom is 0.332 e. The first-order chi connectivity index (χ1) is 13.4. The van der Waals surface area contributed by atoms with Gasteiger partial charge in [-0.3, -0.25) is 23.3 Å². The van der Waals surface area contributed by atoms with Crippen molar-refractivity contribution in [2.24, 2.45) is 14.1 Å². The van der Waals surface area contributed by atoms with Gasteiger partial charge in [0, 0.05) is 45.8 Å². The molecule has 0 saturated carbocycles. The number of aromatic nitrogens is 4. The zero-order chi connectivity index (χ0) is 20.0. The molecule has 9 heteroatoms. The molecule has 0 spiro atoms. The maximum absolute atomic E-state index is 13.0. The third kappa shape index (κ3) is 2.66. The van der Waals surface area contributed by atoms with E-state index in [9.17, 15) is 14.4 Å². The Hall–Kier alpha value is -3.20. The molecule has 28 heavy (non-hydrogen) atoms. The Morgan fingerprint density at radius 3 is 2.43 bits per heavy atom. The minimum absolute atomic E-state index is 0.106. The lowest BCUT2D eigenvalue weighted by Crippen LogP contribution is -2.44. The van der Waals surface area contributed by atoms with Gasteiger partial charge in [-0.1, -0.05) is 12.1 Å². The summed E-state index contributed by atoms with van der Waals surface area (Å²) in [7, 11) is 3.04. The molecule has 1 fully saturated rings. The Morgan fingerprint density at radius 1 is 1.07 bits per heavy atom. The Balaban J connectivity index is 2.15. The number of piperazine rings is 1. The summed E-state index contributed by atoms with van der Waals surface area (Å²) in [4.78, 5) is 44.5. The molecular weight excluding hydrogens is 360 g/mol. The number of Topliss-reactive ketones (excluding diaryl/α,β-unsaturated/α-hetero) is 1.